The molecule has 0 saturated heterocycles. The number of nitrogens with zero attached hydrogens (tertiary/aromatic N) is 3. The predicted molar refractivity (Wildman–Crippen MR) is 107 cm³/mol. The molecule has 1 N–H and O–H groups in total. The third kappa shape index (κ3) is 3.26. The Labute approximate surface area is 156 Å². The van der Waals surface area contributed by atoms with Gasteiger partial charge in [0.25, 0.3) is 0 Å². The quantitative estimate of drug-likeness (QED) is 0.524. The number of benzene rings is 2. The molecule has 0 amide bonds. The number of phenolic OH excluding ortho intramolecular Hbond substituents is 1. The number of hydrogen-bond donors (Lipinski definition) is 1. The highest BCUT2D eigenvalue weighted by atomic mass is 32.1. The van der Waals surface area contributed by atoms with E-state index in [1.165, 1.54) is 5.56 Å². The second kappa shape index (κ2) is 7.14. The fourth-order valence-electron chi connectivity index (χ4n) is 2.89. The van der Waals surface area contributed by atoms with Crippen LogP contribution in [0.2, 0.25) is 0 Å². The Morgan fingerprint density at radius 3 is 2.65 bits per heavy atom. The summed E-state index contributed by atoms with van der Waals surface area (Å²) in [6.07, 6.45) is 2.78. The van der Waals surface area contributed by atoms with Gasteiger partial charge in [-0.25, -0.2) is 4.98 Å². The molecule has 2 heterocycles. The van der Waals surface area contributed by atoms with E-state index >= 15 is 0 Å². The van der Waals surface area contributed by atoms with Crippen LogP contribution < -0.4 is 4.90 Å². The predicted octanol–water partition coefficient (Wildman–Crippen LogP) is 5.30. The zero-order chi connectivity index (χ0) is 17.9. The lowest BCUT2D eigenvalue weighted by atomic mass is 10.2. The number of rotatable bonds is 5. The molecule has 4 nitrogen and oxygen atoms in total. The van der Waals surface area contributed by atoms with Crippen molar-refractivity contribution in [2.75, 3.05) is 4.90 Å². The zero-order valence-electron chi connectivity index (χ0n) is 14.5. The molecule has 5 heteroatoms. The van der Waals surface area contributed by atoms with E-state index in [-0.39, 0.29) is 5.75 Å². The van der Waals surface area contributed by atoms with Crippen LogP contribution in [-0.2, 0) is 13.0 Å². The minimum atomic E-state index is 0.233. The van der Waals surface area contributed by atoms with Crippen molar-refractivity contribution in [2.45, 2.75) is 19.9 Å². The van der Waals surface area contributed by atoms with Gasteiger partial charge < -0.3 is 10.0 Å². The maximum absolute atomic E-state index is 10.4. The highest BCUT2D eigenvalue weighted by molar-refractivity contribution is 7.22. The number of pyridine rings is 1. The van der Waals surface area contributed by atoms with E-state index in [0.717, 1.165) is 33.2 Å². The minimum absolute atomic E-state index is 0.233. The number of para-hydroxylation sites is 2. The Morgan fingerprint density at radius 1 is 1.04 bits per heavy atom. The summed E-state index contributed by atoms with van der Waals surface area (Å²) in [5.74, 6) is 0.233. The summed E-state index contributed by atoms with van der Waals surface area (Å²) >= 11 is 1.63. The molecule has 0 fully saturated rings. The van der Waals surface area contributed by atoms with E-state index in [1.807, 2.05) is 41.3 Å². The van der Waals surface area contributed by atoms with Crippen molar-refractivity contribution < 1.29 is 5.11 Å². The molecule has 0 bridgehead atoms. The number of aryl methyl sites for hydroxylation is 1. The number of aromatic hydroxyl groups is 1. The summed E-state index contributed by atoms with van der Waals surface area (Å²) < 4.78 is 1.15. The van der Waals surface area contributed by atoms with Crippen LogP contribution in [0.15, 0.2) is 66.9 Å². The van der Waals surface area contributed by atoms with Gasteiger partial charge in [-0.2, -0.15) is 0 Å². The zero-order valence-corrected chi connectivity index (χ0v) is 15.3. The molecule has 0 saturated carbocycles. The van der Waals surface area contributed by atoms with Crippen molar-refractivity contribution in [1.29, 1.82) is 0 Å². The van der Waals surface area contributed by atoms with Crippen LogP contribution >= 0.6 is 11.3 Å². The third-order valence-corrected chi connectivity index (χ3v) is 5.34. The van der Waals surface area contributed by atoms with Gasteiger partial charge in [-0.3, -0.25) is 4.98 Å². The molecule has 0 aliphatic carbocycles. The van der Waals surface area contributed by atoms with E-state index in [2.05, 4.69) is 30.1 Å². The number of phenols is 1. The van der Waals surface area contributed by atoms with Crippen LogP contribution in [-0.4, -0.2) is 15.1 Å². The number of hydrogen-bond acceptors (Lipinski definition) is 5. The lowest BCUT2D eigenvalue weighted by Gasteiger charge is -2.22. The monoisotopic (exact) mass is 361 g/mol. The van der Waals surface area contributed by atoms with Gasteiger partial charge in [0, 0.05) is 6.20 Å². The highest BCUT2D eigenvalue weighted by Gasteiger charge is 2.18. The first-order valence-electron chi connectivity index (χ1n) is 8.59. The van der Waals surface area contributed by atoms with Gasteiger partial charge in [0.1, 0.15) is 5.75 Å². The van der Waals surface area contributed by atoms with Gasteiger partial charge in [-0.1, -0.05) is 42.5 Å². The molecule has 0 atom stereocenters. The summed E-state index contributed by atoms with van der Waals surface area (Å²) in [6, 6.07) is 19.6. The Hall–Kier alpha value is -2.92. The smallest absolute Gasteiger partial charge is 0.191 e. The van der Waals surface area contributed by atoms with E-state index in [9.17, 15) is 5.11 Å². The normalized spacial score (nSPS) is 11.0. The average molecular weight is 361 g/mol. The van der Waals surface area contributed by atoms with Crippen LogP contribution in [0.1, 0.15) is 18.2 Å². The fraction of sp³-hybridized carbons (Fsp3) is 0.143. The van der Waals surface area contributed by atoms with Crippen LogP contribution in [0, 0.1) is 0 Å². The molecule has 26 heavy (non-hydrogen) atoms. The highest BCUT2D eigenvalue weighted by Crippen LogP contribution is 2.38. The summed E-state index contributed by atoms with van der Waals surface area (Å²) in [4.78, 5) is 11.3. The van der Waals surface area contributed by atoms with Crippen molar-refractivity contribution in [1.82, 2.24) is 9.97 Å². The Bertz CT molecular complexity index is 1030. The number of thiazole rings is 1. The van der Waals surface area contributed by atoms with Crippen molar-refractivity contribution in [3.05, 3.63) is 78.1 Å². The maximum Gasteiger partial charge on any atom is 0.191 e. The largest absolute Gasteiger partial charge is 0.506 e. The second-order valence-corrected chi connectivity index (χ2v) is 7.06. The number of anilines is 2. The van der Waals surface area contributed by atoms with Crippen LogP contribution in [0.3, 0.4) is 0 Å². The first-order chi connectivity index (χ1) is 12.7. The number of fused-ring (bicyclic) bond motifs is 1. The average Bonchev–Trinajstić information content (AvgIpc) is 3.10. The van der Waals surface area contributed by atoms with Gasteiger partial charge >= 0.3 is 0 Å². The summed E-state index contributed by atoms with van der Waals surface area (Å²) in [6.45, 7) is 2.69. The molecule has 4 rings (SSSR count). The standard InChI is InChI=1S/C21H19N3OS/c1-2-15-10-11-17-20(13-15)26-21(23-17)24(14-16-7-5-6-12-22-16)18-8-3-4-9-19(18)25/h3-13,25H,2,14H2,1H3. The molecular weight excluding hydrogens is 342 g/mol. The van der Waals surface area contributed by atoms with Gasteiger partial charge in [-0.15, -0.1) is 0 Å². The Morgan fingerprint density at radius 2 is 1.88 bits per heavy atom. The number of aromatic nitrogens is 2. The SMILES string of the molecule is CCc1ccc2nc(N(Cc3ccccn3)c3ccccc3O)sc2c1. The summed E-state index contributed by atoms with van der Waals surface area (Å²) in [5.41, 5.74) is 3.92. The van der Waals surface area contributed by atoms with Crippen molar-refractivity contribution in [3.8, 4) is 5.75 Å². The Kier molecular flexibility index (Phi) is 4.54. The molecule has 0 aliphatic heterocycles. The van der Waals surface area contributed by atoms with Crippen molar-refractivity contribution in [2.24, 2.45) is 0 Å². The lowest BCUT2D eigenvalue weighted by molar-refractivity contribution is 0.475. The molecule has 2 aromatic heterocycles. The van der Waals surface area contributed by atoms with Gasteiger partial charge in [0.15, 0.2) is 5.13 Å². The molecule has 0 radical (unpaired) electrons. The summed E-state index contributed by atoms with van der Waals surface area (Å²) in [5, 5.41) is 11.2. The third-order valence-electron chi connectivity index (χ3n) is 4.30. The maximum atomic E-state index is 10.4. The van der Waals surface area contributed by atoms with E-state index < -0.39 is 0 Å². The molecular formula is C21H19N3OS. The van der Waals surface area contributed by atoms with E-state index in [1.54, 1.807) is 23.6 Å². The minimum Gasteiger partial charge on any atom is -0.506 e. The first-order valence-corrected chi connectivity index (χ1v) is 9.41. The van der Waals surface area contributed by atoms with Crippen molar-refractivity contribution >= 4 is 32.4 Å². The molecule has 0 unspecified atom stereocenters. The molecule has 4 aromatic rings. The van der Waals surface area contributed by atoms with E-state index in [0.29, 0.717) is 6.54 Å². The van der Waals surface area contributed by atoms with Crippen LogP contribution in [0.5, 0.6) is 5.75 Å². The van der Waals surface area contributed by atoms with Crippen LogP contribution in [0.25, 0.3) is 10.2 Å². The van der Waals surface area contributed by atoms with E-state index in [4.69, 9.17) is 4.98 Å². The fourth-order valence-corrected chi connectivity index (χ4v) is 3.94. The molecule has 2 aromatic carbocycles. The Balaban J connectivity index is 1.81. The van der Waals surface area contributed by atoms with Gasteiger partial charge in [0.05, 0.1) is 28.1 Å². The molecule has 130 valence electrons. The molecule has 0 spiro atoms. The molecule has 0 aliphatic rings. The van der Waals surface area contributed by atoms with Gasteiger partial charge in [-0.05, 0) is 48.4 Å². The van der Waals surface area contributed by atoms with Crippen molar-refractivity contribution in [3.63, 3.8) is 0 Å². The van der Waals surface area contributed by atoms with Crippen LogP contribution in [0.4, 0.5) is 10.8 Å². The topological polar surface area (TPSA) is 49.2 Å². The summed E-state index contributed by atoms with van der Waals surface area (Å²) in [7, 11) is 0. The lowest BCUT2D eigenvalue weighted by Crippen LogP contribution is -2.17. The first kappa shape index (κ1) is 16.5. The second-order valence-electron chi connectivity index (χ2n) is 6.05. The van der Waals surface area contributed by atoms with Gasteiger partial charge in [0.2, 0.25) is 0 Å².